The van der Waals surface area contributed by atoms with E-state index < -0.39 is 24.0 Å². The molecule has 2 aromatic heterocycles. The van der Waals surface area contributed by atoms with Crippen molar-refractivity contribution < 1.29 is 20.1 Å². The van der Waals surface area contributed by atoms with Crippen LogP contribution in [0.15, 0.2) is 12.5 Å². The lowest BCUT2D eigenvalue weighted by Gasteiger charge is -2.27. The van der Waals surface area contributed by atoms with Crippen LogP contribution in [0.3, 0.4) is 0 Å². The number of hydrogen-bond acceptors (Lipinski definition) is 7. The van der Waals surface area contributed by atoms with Crippen molar-refractivity contribution in [3.63, 3.8) is 0 Å². The van der Waals surface area contributed by atoms with Gasteiger partial charge in [-0.25, -0.2) is 9.97 Å². The molecule has 8 heteroatoms. The molecule has 5 N–H and O–H groups in total. The zero-order valence-corrected chi connectivity index (χ0v) is 11.8. The SMILES string of the molecule is Cc1cn([C@@H]2O[C@H](CO)C(O)[C@@]2(C)O)c2ncnc(N)c12. The van der Waals surface area contributed by atoms with Gasteiger partial charge in [-0.3, -0.25) is 0 Å². The Balaban J connectivity index is 2.15. The van der Waals surface area contributed by atoms with Crippen LogP contribution in [0.1, 0.15) is 18.7 Å². The van der Waals surface area contributed by atoms with E-state index in [1.54, 1.807) is 10.8 Å². The molecule has 114 valence electrons. The third-order valence-corrected chi connectivity index (χ3v) is 4.02. The lowest BCUT2D eigenvalue weighted by molar-refractivity contribution is -0.0948. The summed E-state index contributed by atoms with van der Waals surface area (Å²) < 4.78 is 7.21. The average molecular weight is 294 g/mol. The molecule has 21 heavy (non-hydrogen) atoms. The molecule has 1 saturated heterocycles. The number of nitrogens with zero attached hydrogens (tertiary/aromatic N) is 3. The van der Waals surface area contributed by atoms with E-state index in [1.165, 1.54) is 13.3 Å². The lowest BCUT2D eigenvalue weighted by Crippen LogP contribution is -2.44. The summed E-state index contributed by atoms with van der Waals surface area (Å²) in [5, 5.41) is 30.5. The molecule has 2 aromatic rings. The Labute approximate surface area is 120 Å². The van der Waals surface area contributed by atoms with Gasteiger partial charge in [0, 0.05) is 6.20 Å². The average Bonchev–Trinajstić information content (AvgIpc) is 2.87. The highest BCUT2D eigenvalue weighted by Gasteiger charge is 2.53. The van der Waals surface area contributed by atoms with Crippen LogP contribution >= 0.6 is 0 Å². The van der Waals surface area contributed by atoms with Gasteiger partial charge in [0.25, 0.3) is 0 Å². The number of aryl methyl sites for hydroxylation is 1. The highest BCUT2D eigenvalue weighted by atomic mass is 16.6. The monoisotopic (exact) mass is 294 g/mol. The Bertz CT molecular complexity index is 684. The summed E-state index contributed by atoms with van der Waals surface area (Å²) in [4.78, 5) is 8.14. The van der Waals surface area contributed by atoms with Crippen LogP contribution in [-0.4, -0.2) is 54.3 Å². The molecule has 0 bridgehead atoms. The molecule has 0 aromatic carbocycles. The molecule has 8 nitrogen and oxygen atoms in total. The number of rotatable bonds is 2. The van der Waals surface area contributed by atoms with Gasteiger partial charge < -0.3 is 30.4 Å². The molecule has 1 unspecified atom stereocenters. The molecule has 3 rings (SSSR count). The first kappa shape index (κ1) is 14.2. The van der Waals surface area contributed by atoms with Gasteiger partial charge in [0.2, 0.25) is 0 Å². The minimum Gasteiger partial charge on any atom is -0.394 e. The Morgan fingerprint density at radius 1 is 1.48 bits per heavy atom. The van der Waals surface area contributed by atoms with Gasteiger partial charge in [-0.05, 0) is 19.4 Å². The highest BCUT2D eigenvalue weighted by molar-refractivity contribution is 5.89. The van der Waals surface area contributed by atoms with Gasteiger partial charge in [0.1, 0.15) is 35.6 Å². The summed E-state index contributed by atoms with van der Waals surface area (Å²) in [6.07, 6.45) is 0.125. The molecule has 4 atom stereocenters. The van der Waals surface area contributed by atoms with E-state index in [0.717, 1.165) is 5.56 Å². The first-order chi connectivity index (χ1) is 9.87. The second-order valence-electron chi connectivity index (χ2n) is 5.56. The van der Waals surface area contributed by atoms with E-state index in [2.05, 4.69) is 9.97 Å². The number of aromatic nitrogens is 3. The minimum atomic E-state index is -1.56. The van der Waals surface area contributed by atoms with Crippen LogP contribution in [0.4, 0.5) is 5.82 Å². The third kappa shape index (κ3) is 1.91. The minimum absolute atomic E-state index is 0.341. The fourth-order valence-corrected chi connectivity index (χ4v) is 2.87. The van der Waals surface area contributed by atoms with Gasteiger partial charge in [-0.15, -0.1) is 0 Å². The molecule has 0 aliphatic carbocycles. The maximum atomic E-state index is 10.5. The number of aliphatic hydroxyl groups excluding tert-OH is 2. The summed E-state index contributed by atoms with van der Waals surface area (Å²) >= 11 is 0. The van der Waals surface area contributed by atoms with Gasteiger partial charge in [0.15, 0.2) is 6.23 Å². The van der Waals surface area contributed by atoms with Gasteiger partial charge >= 0.3 is 0 Å². The summed E-state index contributed by atoms with van der Waals surface area (Å²) in [5.74, 6) is 0.341. The topological polar surface area (TPSA) is 127 Å². The third-order valence-electron chi connectivity index (χ3n) is 4.02. The molecule has 0 radical (unpaired) electrons. The van der Waals surface area contributed by atoms with Crippen LogP contribution in [0.25, 0.3) is 11.0 Å². The first-order valence-corrected chi connectivity index (χ1v) is 6.62. The number of hydrogen-bond donors (Lipinski definition) is 4. The number of aliphatic hydroxyl groups is 3. The summed E-state index contributed by atoms with van der Waals surface area (Å²) in [5.41, 5.74) is 5.64. The number of nitrogens with two attached hydrogens (primary N) is 1. The molecule has 1 aliphatic rings. The Morgan fingerprint density at radius 3 is 2.81 bits per heavy atom. The highest BCUT2D eigenvalue weighted by Crippen LogP contribution is 2.40. The molecule has 0 saturated carbocycles. The van der Waals surface area contributed by atoms with E-state index in [0.29, 0.717) is 16.9 Å². The number of fused-ring (bicyclic) bond motifs is 1. The van der Waals surface area contributed by atoms with Crippen molar-refractivity contribution in [1.82, 2.24) is 14.5 Å². The normalized spacial score (nSPS) is 32.9. The summed E-state index contributed by atoms with van der Waals surface area (Å²) in [7, 11) is 0. The van der Waals surface area contributed by atoms with Crippen molar-refractivity contribution in [3.05, 3.63) is 18.1 Å². The van der Waals surface area contributed by atoms with Crippen LogP contribution in [0.2, 0.25) is 0 Å². The molecule has 0 spiro atoms. The summed E-state index contributed by atoms with van der Waals surface area (Å²) in [6, 6.07) is 0. The van der Waals surface area contributed by atoms with Crippen LogP contribution < -0.4 is 5.73 Å². The number of nitrogen functional groups attached to an aromatic ring is 1. The van der Waals surface area contributed by atoms with Crippen molar-refractivity contribution in [2.75, 3.05) is 12.3 Å². The van der Waals surface area contributed by atoms with E-state index in [4.69, 9.17) is 10.5 Å². The Kier molecular flexibility index (Phi) is 3.14. The second kappa shape index (κ2) is 4.63. The summed E-state index contributed by atoms with van der Waals surface area (Å²) in [6.45, 7) is 2.93. The predicted molar refractivity (Wildman–Crippen MR) is 74.3 cm³/mol. The standard InChI is InChI=1S/C13H18N4O4/c1-6-3-17(11-8(6)10(14)15-5-16-11)12-13(2,20)9(19)7(4-18)21-12/h3,5,7,9,12,18-20H,4H2,1-2H3,(H2,14,15,16)/t7-,9?,12-,13-/m1/s1. The van der Waals surface area contributed by atoms with Crippen molar-refractivity contribution in [1.29, 1.82) is 0 Å². The smallest absolute Gasteiger partial charge is 0.167 e. The van der Waals surface area contributed by atoms with E-state index in [1.807, 2.05) is 6.92 Å². The molecular weight excluding hydrogens is 276 g/mol. The molecule has 0 amide bonds. The fourth-order valence-electron chi connectivity index (χ4n) is 2.87. The van der Waals surface area contributed by atoms with Crippen molar-refractivity contribution in [2.45, 2.75) is 37.9 Å². The number of ether oxygens (including phenoxy) is 1. The van der Waals surface area contributed by atoms with Gasteiger partial charge in [-0.2, -0.15) is 0 Å². The maximum Gasteiger partial charge on any atom is 0.167 e. The molecule has 1 aliphatic heterocycles. The van der Waals surface area contributed by atoms with Crippen molar-refractivity contribution in [2.24, 2.45) is 0 Å². The Hall–Kier alpha value is -1.74. The maximum absolute atomic E-state index is 10.5. The van der Waals surface area contributed by atoms with Crippen LogP contribution in [0.5, 0.6) is 0 Å². The zero-order valence-electron chi connectivity index (χ0n) is 11.8. The van der Waals surface area contributed by atoms with E-state index in [9.17, 15) is 15.3 Å². The van der Waals surface area contributed by atoms with Crippen molar-refractivity contribution >= 4 is 16.9 Å². The Morgan fingerprint density at radius 2 is 2.19 bits per heavy atom. The quantitative estimate of drug-likeness (QED) is 0.578. The first-order valence-electron chi connectivity index (χ1n) is 6.62. The van der Waals surface area contributed by atoms with E-state index >= 15 is 0 Å². The number of anilines is 1. The molecular formula is C13H18N4O4. The largest absolute Gasteiger partial charge is 0.394 e. The second-order valence-corrected chi connectivity index (χ2v) is 5.56. The molecule has 3 heterocycles. The molecule has 1 fully saturated rings. The van der Waals surface area contributed by atoms with Crippen LogP contribution in [0, 0.1) is 6.92 Å². The van der Waals surface area contributed by atoms with Gasteiger partial charge in [0.05, 0.1) is 12.0 Å². The van der Waals surface area contributed by atoms with E-state index in [-0.39, 0.29) is 6.61 Å². The fraction of sp³-hybridized carbons (Fsp3) is 0.538. The van der Waals surface area contributed by atoms with Crippen molar-refractivity contribution in [3.8, 4) is 0 Å². The predicted octanol–water partition coefficient (Wildman–Crippen LogP) is -0.676. The zero-order chi connectivity index (χ0) is 15.4. The lowest BCUT2D eigenvalue weighted by atomic mass is 9.96. The van der Waals surface area contributed by atoms with Crippen LogP contribution in [-0.2, 0) is 4.74 Å². The van der Waals surface area contributed by atoms with Gasteiger partial charge in [-0.1, -0.05) is 0 Å².